The van der Waals surface area contributed by atoms with E-state index in [0.29, 0.717) is 0 Å². The quantitative estimate of drug-likeness (QED) is 0.195. The van der Waals surface area contributed by atoms with Gasteiger partial charge in [-0.2, -0.15) is 0 Å². The van der Waals surface area contributed by atoms with Crippen LogP contribution in [0.4, 0.5) is 0 Å². The number of rotatable bonds is 11. The molecule has 0 heteroatoms. The molecule has 0 aromatic carbocycles. The van der Waals surface area contributed by atoms with E-state index in [1.165, 1.54) is 51.4 Å². The Hall–Kier alpha value is 0. The second-order valence-electron chi connectivity index (χ2n) is 26.5. The Morgan fingerprint density at radius 1 is 0.310 bits per heavy atom. The maximum absolute atomic E-state index is 2.82. The molecule has 0 aliphatic heterocycles. The number of hydrogen-bond donors (Lipinski definition) is 0. The second-order valence-corrected chi connectivity index (χ2v) is 26.5. The monoisotopic (exact) mass is 805 g/mol. The molecule has 5 rings (SSSR count). The van der Waals surface area contributed by atoms with E-state index >= 15 is 0 Å². The summed E-state index contributed by atoms with van der Waals surface area (Å²) >= 11 is 0. The normalized spacial score (nSPS) is 49.6. The van der Waals surface area contributed by atoms with Gasteiger partial charge in [-0.25, -0.2) is 0 Å². The molecule has 24 atom stereocenters. The summed E-state index contributed by atoms with van der Waals surface area (Å²) in [6, 6.07) is 0. The number of fused-ring (bicyclic) bond motifs is 2. The molecule has 0 radical (unpaired) electrons. The van der Waals surface area contributed by atoms with Crippen LogP contribution in [0.25, 0.3) is 0 Å². The van der Waals surface area contributed by atoms with Gasteiger partial charge in [0.15, 0.2) is 0 Å². The van der Waals surface area contributed by atoms with Crippen molar-refractivity contribution in [1.82, 2.24) is 0 Å². The van der Waals surface area contributed by atoms with E-state index in [1.807, 2.05) is 0 Å². The molecule has 0 N–H and O–H groups in total. The van der Waals surface area contributed by atoms with Crippen LogP contribution in [0.3, 0.4) is 0 Å². The van der Waals surface area contributed by atoms with Crippen molar-refractivity contribution in [3.05, 3.63) is 0 Å². The van der Waals surface area contributed by atoms with E-state index in [1.54, 1.807) is 0 Å². The van der Waals surface area contributed by atoms with Crippen LogP contribution in [0.1, 0.15) is 197 Å². The first-order valence-corrected chi connectivity index (χ1v) is 27.0. The maximum Gasteiger partial charge on any atom is -0.0316 e. The van der Waals surface area contributed by atoms with Gasteiger partial charge in [-0.05, 0) is 217 Å². The van der Waals surface area contributed by atoms with Crippen molar-refractivity contribution in [3.63, 3.8) is 0 Å². The third-order valence-corrected chi connectivity index (χ3v) is 21.2. The fourth-order valence-electron chi connectivity index (χ4n) is 20.9. The molecule has 340 valence electrons. The van der Waals surface area contributed by atoms with E-state index in [0.717, 1.165) is 172 Å². The highest BCUT2D eigenvalue weighted by Gasteiger charge is 2.56. The summed E-state index contributed by atoms with van der Waals surface area (Å²) in [7, 11) is 0. The SMILES string of the molecule is CCC(C1C(C(C)C)C(C)CC(C)C1C(C)C)C1C(C(C)C)C(C)CC(C)C1C(C)CC(C)C1C(C)CC(C)C2C(C)CC(C)C3C(C)CC(C)C(C(C)C)C3CC21. The molecule has 5 aliphatic rings. The van der Waals surface area contributed by atoms with Gasteiger partial charge in [0.1, 0.15) is 0 Å². The van der Waals surface area contributed by atoms with Crippen molar-refractivity contribution in [1.29, 1.82) is 0 Å². The largest absolute Gasteiger partial charge is 0.0651 e. The van der Waals surface area contributed by atoms with Crippen LogP contribution in [-0.2, 0) is 0 Å². The molecule has 5 aliphatic carbocycles. The van der Waals surface area contributed by atoms with Crippen LogP contribution < -0.4 is 0 Å². The summed E-state index contributed by atoms with van der Waals surface area (Å²) in [6.07, 6.45) is 11.7. The fraction of sp³-hybridized carbons (Fsp3) is 1.00. The number of hydrogen-bond acceptors (Lipinski definition) is 0. The summed E-state index contributed by atoms with van der Waals surface area (Å²) in [5, 5.41) is 0. The van der Waals surface area contributed by atoms with Crippen molar-refractivity contribution < 1.29 is 0 Å². The first kappa shape index (κ1) is 49.0. The smallest absolute Gasteiger partial charge is 0.0316 e. The van der Waals surface area contributed by atoms with Gasteiger partial charge >= 0.3 is 0 Å². The lowest BCUT2D eigenvalue weighted by molar-refractivity contribution is -0.114. The van der Waals surface area contributed by atoms with E-state index in [-0.39, 0.29) is 0 Å². The van der Waals surface area contributed by atoms with Gasteiger partial charge in [-0.3, -0.25) is 0 Å². The molecule has 0 aromatic rings. The Morgan fingerprint density at radius 2 is 0.586 bits per heavy atom. The minimum absolute atomic E-state index is 0.767. The summed E-state index contributed by atoms with van der Waals surface area (Å²) in [5.74, 6) is 24.8. The molecule has 0 heterocycles. The summed E-state index contributed by atoms with van der Waals surface area (Å²) < 4.78 is 0. The van der Waals surface area contributed by atoms with Gasteiger partial charge in [0.25, 0.3) is 0 Å². The molecule has 0 amide bonds. The van der Waals surface area contributed by atoms with Crippen LogP contribution in [0.15, 0.2) is 0 Å². The maximum atomic E-state index is 2.82. The third kappa shape index (κ3) is 9.43. The van der Waals surface area contributed by atoms with E-state index < -0.39 is 0 Å². The first-order chi connectivity index (χ1) is 27.0. The van der Waals surface area contributed by atoms with Crippen LogP contribution in [-0.4, -0.2) is 0 Å². The van der Waals surface area contributed by atoms with Crippen LogP contribution >= 0.6 is 0 Å². The van der Waals surface area contributed by atoms with Crippen LogP contribution in [0, 0.1) is 172 Å². The highest BCUT2D eigenvalue weighted by Crippen LogP contribution is 2.63. The minimum atomic E-state index is 0.767. The minimum Gasteiger partial charge on any atom is -0.0651 e. The Labute approximate surface area is 367 Å². The summed E-state index contributed by atoms with van der Waals surface area (Å²) in [4.78, 5) is 0. The van der Waals surface area contributed by atoms with Gasteiger partial charge in [0.05, 0.1) is 0 Å². The van der Waals surface area contributed by atoms with Crippen molar-refractivity contribution in [2.45, 2.75) is 197 Å². The molecule has 58 heavy (non-hydrogen) atoms. The lowest BCUT2D eigenvalue weighted by Crippen LogP contribution is -2.54. The Kier molecular flexibility index (Phi) is 16.7. The van der Waals surface area contributed by atoms with Crippen molar-refractivity contribution in [2.24, 2.45) is 172 Å². The zero-order valence-corrected chi connectivity index (χ0v) is 43.4. The molecule has 24 unspecified atom stereocenters. The molecule has 5 saturated carbocycles. The molecule has 0 bridgehead atoms. The summed E-state index contributed by atoms with van der Waals surface area (Å²) in [6.45, 7) is 56.2. The Bertz CT molecular complexity index is 1220. The van der Waals surface area contributed by atoms with Gasteiger partial charge in [0, 0.05) is 0 Å². The molecule has 0 nitrogen and oxygen atoms in total. The standard InChI is InChI=1S/C58H108/c1-22-46(57-50(31(4)5)35(11)24-36(12)51(57)32(6)7)58-52(33(8)9)37(13)25-44(20)56(58)45(21)28-43(19)55-42(18)27-41(17)54-40(16)26-39(15)53-38(14)23-34(10)49(30(2)3)47(53)29-48(54)55/h30-58H,22-29H2,1-21H3. The molecule has 0 aromatic heterocycles. The second kappa shape index (κ2) is 19.8. The lowest BCUT2D eigenvalue weighted by Gasteiger charge is -2.60. The van der Waals surface area contributed by atoms with Gasteiger partial charge in [-0.15, -0.1) is 0 Å². The third-order valence-electron chi connectivity index (χ3n) is 21.2. The van der Waals surface area contributed by atoms with Crippen molar-refractivity contribution in [2.75, 3.05) is 0 Å². The lowest BCUT2D eigenvalue weighted by atomic mass is 9.45. The molecular weight excluding hydrogens is 697 g/mol. The topological polar surface area (TPSA) is 0 Å². The molecule has 0 saturated heterocycles. The predicted octanol–water partition coefficient (Wildman–Crippen LogP) is 17.5. The fourth-order valence-corrected chi connectivity index (χ4v) is 20.9. The molecule has 5 fully saturated rings. The highest BCUT2D eigenvalue weighted by molar-refractivity contribution is 5.04. The van der Waals surface area contributed by atoms with Gasteiger partial charge < -0.3 is 0 Å². The van der Waals surface area contributed by atoms with Gasteiger partial charge in [0.2, 0.25) is 0 Å². The predicted molar refractivity (Wildman–Crippen MR) is 257 cm³/mol. The molecular formula is C58H108. The van der Waals surface area contributed by atoms with Crippen LogP contribution in [0.5, 0.6) is 0 Å². The zero-order chi connectivity index (χ0) is 43.4. The zero-order valence-electron chi connectivity index (χ0n) is 43.4. The summed E-state index contributed by atoms with van der Waals surface area (Å²) in [5.41, 5.74) is 0. The highest BCUT2D eigenvalue weighted by atomic mass is 14.6. The Balaban J connectivity index is 1.54. The van der Waals surface area contributed by atoms with E-state index in [4.69, 9.17) is 0 Å². The van der Waals surface area contributed by atoms with Crippen molar-refractivity contribution >= 4 is 0 Å². The first-order valence-electron chi connectivity index (χ1n) is 27.0. The average molecular weight is 806 g/mol. The van der Waals surface area contributed by atoms with Crippen molar-refractivity contribution in [3.8, 4) is 0 Å². The Morgan fingerprint density at radius 3 is 0.966 bits per heavy atom. The van der Waals surface area contributed by atoms with Crippen LogP contribution in [0.2, 0.25) is 0 Å². The molecule has 0 spiro atoms. The van der Waals surface area contributed by atoms with Gasteiger partial charge in [-0.1, -0.05) is 152 Å². The van der Waals surface area contributed by atoms with E-state index in [9.17, 15) is 0 Å². The van der Waals surface area contributed by atoms with E-state index in [2.05, 4.69) is 145 Å². The average Bonchev–Trinajstić information content (AvgIpc) is 3.06.